The summed E-state index contributed by atoms with van der Waals surface area (Å²) in [6, 6.07) is 8.09. The molecule has 1 atom stereocenters. The van der Waals surface area contributed by atoms with E-state index >= 15 is 0 Å². The number of aryl methyl sites for hydroxylation is 1. The van der Waals surface area contributed by atoms with Crippen LogP contribution < -0.4 is 5.32 Å². The lowest BCUT2D eigenvalue weighted by Crippen LogP contribution is -2.38. The van der Waals surface area contributed by atoms with Gasteiger partial charge in [-0.25, -0.2) is 0 Å². The second-order valence-corrected chi connectivity index (χ2v) is 5.57. The molecule has 22 heavy (non-hydrogen) atoms. The summed E-state index contributed by atoms with van der Waals surface area (Å²) in [4.78, 5) is 23.1. The van der Waals surface area contributed by atoms with Gasteiger partial charge in [0.2, 0.25) is 0 Å². The van der Waals surface area contributed by atoms with Gasteiger partial charge in [-0.1, -0.05) is 11.6 Å². The molecule has 2 rings (SSSR count). The molecule has 0 bridgehead atoms. The van der Waals surface area contributed by atoms with Crippen LogP contribution in [-0.2, 0) is 4.79 Å². The van der Waals surface area contributed by atoms with Crippen molar-refractivity contribution >= 4 is 23.5 Å². The number of carbonyl (C=O) groups excluding carboxylic acids is 1. The molecule has 1 aromatic carbocycles. The molecule has 0 spiro atoms. The minimum Gasteiger partial charge on any atom is -0.480 e. The van der Waals surface area contributed by atoms with E-state index in [0.717, 1.165) is 17.1 Å². The number of carboxylic acid groups (broad SMARTS) is 1. The summed E-state index contributed by atoms with van der Waals surface area (Å²) in [6.07, 6.45) is 0. The van der Waals surface area contributed by atoms with E-state index in [1.54, 1.807) is 18.2 Å². The smallest absolute Gasteiger partial charge is 0.325 e. The standard InChI is InChI=1S/C16H17ClN2O3/c1-9-8-14(15(20)18-10(2)16(21)22)11(3)19(9)13-6-4-12(17)5-7-13/h4-8,10H,1-3H3,(H,18,20)(H,21,22)/t10-/m0/s1. The highest BCUT2D eigenvalue weighted by atomic mass is 35.5. The van der Waals surface area contributed by atoms with E-state index in [1.165, 1.54) is 6.92 Å². The Labute approximate surface area is 133 Å². The molecular weight excluding hydrogens is 304 g/mol. The summed E-state index contributed by atoms with van der Waals surface area (Å²) in [5.74, 6) is -1.47. The predicted octanol–water partition coefficient (Wildman–Crippen LogP) is 2.95. The zero-order valence-corrected chi connectivity index (χ0v) is 13.3. The normalized spacial score (nSPS) is 12.0. The third-order valence-electron chi connectivity index (χ3n) is 3.48. The molecule has 1 heterocycles. The van der Waals surface area contributed by atoms with Crippen molar-refractivity contribution in [3.05, 3.63) is 52.3 Å². The van der Waals surface area contributed by atoms with Crippen LogP contribution in [0.15, 0.2) is 30.3 Å². The van der Waals surface area contributed by atoms with Crippen LogP contribution in [0.1, 0.15) is 28.7 Å². The van der Waals surface area contributed by atoms with Crippen molar-refractivity contribution in [3.8, 4) is 5.69 Å². The van der Waals surface area contributed by atoms with E-state index in [1.807, 2.05) is 30.5 Å². The predicted molar refractivity (Wildman–Crippen MR) is 84.8 cm³/mol. The number of carboxylic acids is 1. The van der Waals surface area contributed by atoms with Gasteiger partial charge in [0, 0.05) is 22.1 Å². The second-order valence-electron chi connectivity index (χ2n) is 5.13. The molecule has 6 heteroatoms. The first-order valence-corrected chi connectivity index (χ1v) is 7.17. The van der Waals surface area contributed by atoms with Crippen LogP contribution in [-0.4, -0.2) is 27.6 Å². The summed E-state index contributed by atoms with van der Waals surface area (Å²) in [5, 5.41) is 12.0. The summed E-state index contributed by atoms with van der Waals surface area (Å²) in [5.41, 5.74) is 2.98. The van der Waals surface area contributed by atoms with Crippen molar-refractivity contribution in [1.82, 2.24) is 9.88 Å². The number of rotatable bonds is 4. The molecule has 1 amide bonds. The highest BCUT2D eigenvalue weighted by Crippen LogP contribution is 2.22. The van der Waals surface area contributed by atoms with Gasteiger partial charge in [0.05, 0.1) is 5.56 Å². The Hall–Kier alpha value is -2.27. The Morgan fingerprint density at radius 3 is 2.36 bits per heavy atom. The number of nitrogens with one attached hydrogen (secondary N) is 1. The molecule has 5 nitrogen and oxygen atoms in total. The quantitative estimate of drug-likeness (QED) is 0.909. The fraction of sp³-hybridized carbons (Fsp3) is 0.250. The third kappa shape index (κ3) is 3.14. The van der Waals surface area contributed by atoms with Crippen LogP contribution >= 0.6 is 11.6 Å². The van der Waals surface area contributed by atoms with Crippen LogP contribution in [0.2, 0.25) is 5.02 Å². The zero-order valence-electron chi connectivity index (χ0n) is 12.6. The first-order chi connectivity index (χ1) is 10.3. The van der Waals surface area contributed by atoms with Crippen LogP contribution in [0.5, 0.6) is 0 Å². The third-order valence-corrected chi connectivity index (χ3v) is 3.73. The number of benzene rings is 1. The Morgan fingerprint density at radius 2 is 1.82 bits per heavy atom. The molecule has 1 aromatic heterocycles. The van der Waals surface area contributed by atoms with Crippen LogP contribution in [0, 0.1) is 13.8 Å². The van der Waals surface area contributed by atoms with Crippen molar-refractivity contribution < 1.29 is 14.7 Å². The Balaban J connectivity index is 2.37. The zero-order chi connectivity index (χ0) is 16.4. The number of aliphatic carboxylic acids is 1. The lowest BCUT2D eigenvalue weighted by molar-refractivity contribution is -0.138. The number of aromatic nitrogens is 1. The second kappa shape index (κ2) is 6.23. The van der Waals surface area contributed by atoms with Gasteiger partial charge in [-0.15, -0.1) is 0 Å². The van der Waals surface area contributed by atoms with Gasteiger partial charge in [0.15, 0.2) is 0 Å². The van der Waals surface area contributed by atoms with E-state index in [-0.39, 0.29) is 0 Å². The molecule has 0 unspecified atom stereocenters. The van der Waals surface area contributed by atoms with Crippen LogP contribution in [0.4, 0.5) is 0 Å². The monoisotopic (exact) mass is 320 g/mol. The summed E-state index contributed by atoms with van der Waals surface area (Å²) < 4.78 is 1.93. The largest absolute Gasteiger partial charge is 0.480 e. The molecular formula is C16H17ClN2O3. The van der Waals surface area contributed by atoms with Crippen LogP contribution in [0.25, 0.3) is 5.69 Å². The Morgan fingerprint density at radius 1 is 1.23 bits per heavy atom. The highest BCUT2D eigenvalue weighted by Gasteiger charge is 2.20. The van der Waals surface area contributed by atoms with E-state index < -0.39 is 17.9 Å². The average Bonchev–Trinajstić information content (AvgIpc) is 2.75. The summed E-state index contributed by atoms with van der Waals surface area (Å²) in [7, 11) is 0. The molecule has 0 aliphatic heterocycles. The van der Waals surface area contributed by atoms with Crippen molar-refractivity contribution in [2.75, 3.05) is 0 Å². The summed E-state index contributed by atoms with van der Waals surface area (Å²) >= 11 is 5.89. The van der Waals surface area contributed by atoms with Crippen molar-refractivity contribution in [2.24, 2.45) is 0 Å². The number of carbonyl (C=O) groups is 2. The maximum absolute atomic E-state index is 12.2. The highest BCUT2D eigenvalue weighted by molar-refractivity contribution is 6.30. The average molecular weight is 321 g/mol. The van der Waals surface area contributed by atoms with Gasteiger partial charge < -0.3 is 15.0 Å². The van der Waals surface area contributed by atoms with E-state index in [2.05, 4.69) is 5.32 Å². The van der Waals surface area contributed by atoms with E-state index in [4.69, 9.17) is 16.7 Å². The van der Waals surface area contributed by atoms with Gasteiger partial charge in [-0.05, 0) is 51.1 Å². The fourth-order valence-corrected chi connectivity index (χ4v) is 2.44. The molecule has 0 saturated heterocycles. The SMILES string of the molecule is Cc1cc(C(=O)N[C@@H](C)C(=O)O)c(C)n1-c1ccc(Cl)cc1. The van der Waals surface area contributed by atoms with Gasteiger partial charge in [0.25, 0.3) is 5.91 Å². The molecule has 0 fully saturated rings. The Bertz CT molecular complexity index is 720. The van der Waals surface area contributed by atoms with E-state index in [0.29, 0.717) is 10.6 Å². The lowest BCUT2D eigenvalue weighted by Gasteiger charge is -2.11. The minimum atomic E-state index is -1.07. The fourth-order valence-electron chi connectivity index (χ4n) is 2.32. The number of hydrogen-bond acceptors (Lipinski definition) is 2. The molecule has 0 aliphatic carbocycles. The lowest BCUT2D eigenvalue weighted by atomic mass is 10.2. The van der Waals surface area contributed by atoms with Crippen molar-refractivity contribution in [3.63, 3.8) is 0 Å². The van der Waals surface area contributed by atoms with Crippen molar-refractivity contribution in [2.45, 2.75) is 26.8 Å². The number of nitrogens with zero attached hydrogens (tertiary/aromatic N) is 1. The van der Waals surface area contributed by atoms with Crippen LogP contribution in [0.3, 0.4) is 0 Å². The Kier molecular flexibility index (Phi) is 4.56. The van der Waals surface area contributed by atoms with Gasteiger partial charge in [-0.2, -0.15) is 0 Å². The molecule has 116 valence electrons. The van der Waals surface area contributed by atoms with Gasteiger partial charge in [0.1, 0.15) is 6.04 Å². The molecule has 0 aliphatic rings. The number of hydrogen-bond donors (Lipinski definition) is 2. The number of halogens is 1. The summed E-state index contributed by atoms with van der Waals surface area (Å²) in [6.45, 7) is 5.14. The van der Waals surface area contributed by atoms with Crippen molar-refractivity contribution in [1.29, 1.82) is 0 Å². The minimum absolute atomic E-state index is 0.400. The topological polar surface area (TPSA) is 71.3 Å². The maximum Gasteiger partial charge on any atom is 0.325 e. The maximum atomic E-state index is 12.2. The molecule has 2 aromatic rings. The molecule has 0 saturated carbocycles. The molecule has 2 N–H and O–H groups in total. The first kappa shape index (κ1) is 16.1. The van der Waals surface area contributed by atoms with Gasteiger partial charge >= 0.3 is 5.97 Å². The number of amides is 1. The molecule has 0 radical (unpaired) electrons. The first-order valence-electron chi connectivity index (χ1n) is 6.80. The van der Waals surface area contributed by atoms with Gasteiger partial charge in [-0.3, -0.25) is 9.59 Å². The van der Waals surface area contributed by atoms with E-state index in [9.17, 15) is 9.59 Å².